The van der Waals surface area contributed by atoms with Gasteiger partial charge in [-0.3, -0.25) is 4.79 Å². The number of pyridine rings is 1. The molecule has 3 N–H and O–H groups in total. The number of amides is 1. The van der Waals surface area contributed by atoms with Gasteiger partial charge in [-0.2, -0.15) is 0 Å². The van der Waals surface area contributed by atoms with Gasteiger partial charge in [0.25, 0.3) is 0 Å². The van der Waals surface area contributed by atoms with Crippen molar-refractivity contribution in [2.45, 2.75) is 12.8 Å². The SMILES string of the molecule is Nc1ccc(-c2cnc3c(c2)CCC(=O)N3)cc1. The number of carbonyl (C=O) groups excluding carboxylic acids is 1. The smallest absolute Gasteiger partial charge is 0.225 e. The second-order valence-corrected chi connectivity index (χ2v) is 4.40. The van der Waals surface area contributed by atoms with Gasteiger partial charge in [0.2, 0.25) is 5.91 Å². The number of benzene rings is 1. The number of anilines is 2. The Bertz CT molecular complexity index is 605. The Morgan fingerprint density at radius 1 is 1.11 bits per heavy atom. The normalized spacial score (nSPS) is 13.9. The van der Waals surface area contributed by atoms with Crippen LogP contribution in [0.2, 0.25) is 0 Å². The molecule has 1 aromatic heterocycles. The molecule has 1 aliphatic heterocycles. The van der Waals surface area contributed by atoms with E-state index in [9.17, 15) is 4.79 Å². The summed E-state index contributed by atoms with van der Waals surface area (Å²) in [6, 6.07) is 9.76. The first-order valence-corrected chi connectivity index (χ1v) is 5.87. The number of carbonyl (C=O) groups is 1. The summed E-state index contributed by atoms with van der Waals surface area (Å²) >= 11 is 0. The van der Waals surface area contributed by atoms with E-state index in [1.165, 1.54) is 0 Å². The van der Waals surface area contributed by atoms with E-state index in [0.717, 1.165) is 28.8 Å². The maximum absolute atomic E-state index is 11.3. The third-order valence-corrected chi connectivity index (χ3v) is 3.09. The first kappa shape index (κ1) is 10.8. The van der Waals surface area contributed by atoms with Crippen LogP contribution in [-0.4, -0.2) is 10.9 Å². The summed E-state index contributed by atoms with van der Waals surface area (Å²) in [5.74, 6) is 0.723. The fraction of sp³-hybridized carbons (Fsp3) is 0.143. The van der Waals surface area contributed by atoms with Gasteiger partial charge >= 0.3 is 0 Å². The molecular formula is C14H13N3O. The Morgan fingerprint density at radius 3 is 2.67 bits per heavy atom. The van der Waals surface area contributed by atoms with Crippen molar-refractivity contribution in [2.75, 3.05) is 11.1 Å². The van der Waals surface area contributed by atoms with Gasteiger partial charge in [-0.15, -0.1) is 0 Å². The van der Waals surface area contributed by atoms with Crippen molar-refractivity contribution in [3.8, 4) is 11.1 Å². The van der Waals surface area contributed by atoms with Crippen molar-refractivity contribution in [3.63, 3.8) is 0 Å². The van der Waals surface area contributed by atoms with Crippen LogP contribution in [0.25, 0.3) is 11.1 Å². The Labute approximate surface area is 105 Å². The van der Waals surface area contributed by atoms with Crippen LogP contribution in [0, 0.1) is 0 Å². The Balaban J connectivity index is 1.99. The van der Waals surface area contributed by atoms with Gasteiger partial charge in [0, 0.05) is 23.9 Å². The molecule has 90 valence electrons. The predicted molar refractivity (Wildman–Crippen MR) is 71.0 cm³/mol. The highest BCUT2D eigenvalue weighted by molar-refractivity contribution is 5.93. The van der Waals surface area contributed by atoms with Gasteiger partial charge in [0.05, 0.1) is 0 Å². The van der Waals surface area contributed by atoms with Gasteiger partial charge in [0.15, 0.2) is 0 Å². The summed E-state index contributed by atoms with van der Waals surface area (Å²) in [7, 11) is 0. The summed E-state index contributed by atoms with van der Waals surface area (Å²) in [6.07, 6.45) is 3.05. The zero-order chi connectivity index (χ0) is 12.5. The van der Waals surface area contributed by atoms with Crippen molar-refractivity contribution in [3.05, 3.63) is 42.1 Å². The Hall–Kier alpha value is -2.36. The molecule has 1 aromatic carbocycles. The molecule has 1 aliphatic rings. The molecular weight excluding hydrogens is 226 g/mol. The van der Waals surface area contributed by atoms with Crippen molar-refractivity contribution >= 4 is 17.4 Å². The van der Waals surface area contributed by atoms with Crippen LogP contribution in [0.5, 0.6) is 0 Å². The molecule has 0 saturated carbocycles. The van der Waals surface area contributed by atoms with Crippen molar-refractivity contribution in [1.29, 1.82) is 0 Å². The lowest BCUT2D eigenvalue weighted by molar-refractivity contribution is -0.116. The minimum Gasteiger partial charge on any atom is -0.399 e. The number of hydrogen-bond acceptors (Lipinski definition) is 3. The first-order valence-electron chi connectivity index (χ1n) is 5.87. The van der Waals surface area contributed by atoms with Gasteiger partial charge in [0.1, 0.15) is 5.82 Å². The summed E-state index contributed by atoms with van der Waals surface area (Å²) in [4.78, 5) is 15.6. The molecule has 18 heavy (non-hydrogen) atoms. The molecule has 0 aliphatic carbocycles. The van der Waals surface area contributed by atoms with E-state index in [-0.39, 0.29) is 5.91 Å². The maximum atomic E-state index is 11.3. The van der Waals surface area contributed by atoms with Crippen molar-refractivity contribution in [1.82, 2.24) is 4.98 Å². The number of aromatic nitrogens is 1. The molecule has 2 aromatic rings. The molecule has 4 nitrogen and oxygen atoms in total. The second kappa shape index (κ2) is 4.14. The minimum absolute atomic E-state index is 0.0373. The average molecular weight is 239 g/mol. The van der Waals surface area contributed by atoms with E-state index in [1.54, 1.807) is 6.20 Å². The number of aryl methyl sites for hydroxylation is 1. The fourth-order valence-electron chi connectivity index (χ4n) is 2.09. The van der Waals surface area contributed by atoms with Gasteiger partial charge in [-0.1, -0.05) is 12.1 Å². The van der Waals surface area contributed by atoms with Crippen LogP contribution in [0.3, 0.4) is 0 Å². The largest absolute Gasteiger partial charge is 0.399 e. The average Bonchev–Trinajstić information content (AvgIpc) is 2.39. The summed E-state index contributed by atoms with van der Waals surface area (Å²) in [5, 5.41) is 2.78. The predicted octanol–water partition coefficient (Wildman–Crippen LogP) is 2.22. The number of hydrogen-bond donors (Lipinski definition) is 2. The summed E-state index contributed by atoms with van der Waals surface area (Å²) < 4.78 is 0. The Morgan fingerprint density at radius 2 is 1.89 bits per heavy atom. The standard InChI is InChI=1S/C14H13N3O/c15-12-4-1-9(2-5-12)11-7-10-3-6-13(18)17-14(10)16-8-11/h1-2,4-5,7-8H,3,6,15H2,(H,16,17,18). The maximum Gasteiger partial charge on any atom is 0.225 e. The molecule has 1 amide bonds. The molecule has 0 fully saturated rings. The second-order valence-electron chi connectivity index (χ2n) is 4.40. The van der Waals surface area contributed by atoms with Crippen LogP contribution >= 0.6 is 0 Å². The molecule has 0 saturated heterocycles. The van der Waals surface area contributed by atoms with E-state index < -0.39 is 0 Å². The topological polar surface area (TPSA) is 68.0 Å². The number of nitrogens with two attached hydrogens (primary N) is 1. The summed E-state index contributed by atoms with van der Waals surface area (Å²) in [6.45, 7) is 0. The van der Waals surface area contributed by atoms with E-state index in [0.29, 0.717) is 12.2 Å². The van der Waals surface area contributed by atoms with Gasteiger partial charge in [-0.05, 0) is 35.7 Å². The minimum atomic E-state index is 0.0373. The lowest BCUT2D eigenvalue weighted by Gasteiger charge is -2.16. The first-order chi connectivity index (χ1) is 8.72. The zero-order valence-electron chi connectivity index (χ0n) is 9.81. The molecule has 4 heteroatoms. The van der Waals surface area contributed by atoms with Crippen molar-refractivity contribution < 1.29 is 4.79 Å². The molecule has 0 unspecified atom stereocenters. The molecule has 2 heterocycles. The lowest BCUT2D eigenvalue weighted by Crippen LogP contribution is -2.20. The number of nitrogens with zero attached hydrogens (tertiary/aromatic N) is 1. The van der Waals surface area contributed by atoms with Crippen LogP contribution in [0.15, 0.2) is 36.5 Å². The van der Waals surface area contributed by atoms with Crippen LogP contribution in [0.4, 0.5) is 11.5 Å². The number of nitrogen functional groups attached to an aromatic ring is 1. The highest BCUT2D eigenvalue weighted by Crippen LogP contribution is 2.26. The zero-order valence-corrected chi connectivity index (χ0v) is 9.81. The number of fused-ring (bicyclic) bond motifs is 1. The monoisotopic (exact) mass is 239 g/mol. The van der Waals surface area contributed by atoms with E-state index in [2.05, 4.69) is 16.4 Å². The third kappa shape index (κ3) is 1.93. The summed E-state index contributed by atoms with van der Waals surface area (Å²) in [5.41, 5.74) is 9.63. The molecule has 0 radical (unpaired) electrons. The molecule has 3 rings (SSSR count). The molecule has 0 bridgehead atoms. The van der Waals surface area contributed by atoms with Crippen LogP contribution < -0.4 is 11.1 Å². The lowest BCUT2D eigenvalue weighted by atomic mass is 10.0. The molecule has 0 atom stereocenters. The third-order valence-electron chi connectivity index (χ3n) is 3.09. The number of rotatable bonds is 1. The highest BCUT2D eigenvalue weighted by Gasteiger charge is 2.16. The van der Waals surface area contributed by atoms with Gasteiger partial charge in [-0.25, -0.2) is 4.98 Å². The number of nitrogens with one attached hydrogen (secondary N) is 1. The van der Waals surface area contributed by atoms with E-state index in [4.69, 9.17) is 5.73 Å². The van der Waals surface area contributed by atoms with E-state index >= 15 is 0 Å². The van der Waals surface area contributed by atoms with Gasteiger partial charge < -0.3 is 11.1 Å². The Kier molecular flexibility index (Phi) is 2.48. The fourth-order valence-corrected chi connectivity index (χ4v) is 2.09. The molecule has 0 spiro atoms. The highest BCUT2D eigenvalue weighted by atomic mass is 16.1. The van der Waals surface area contributed by atoms with Crippen molar-refractivity contribution in [2.24, 2.45) is 0 Å². The van der Waals surface area contributed by atoms with Crippen LogP contribution in [0.1, 0.15) is 12.0 Å². The quantitative estimate of drug-likeness (QED) is 0.750. The van der Waals surface area contributed by atoms with Crippen LogP contribution in [-0.2, 0) is 11.2 Å². The van der Waals surface area contributed by atoms with E-state index in [1.807, 2.05) is 24.3 Å².